The minimum Gasteiger partial charge on any atom is -0.382 e. The molecule has 1 aromatic heterocycles. The van der Waals surface area contributed by atoms with E-state index in [4.69, 9.17) is 5.73 Å². The summed E-state index contributed by atoms with van der Waals surface area (Å²) in [6.07, 6.45) is 6.40. The van der Waals surface area contributed by atoms with Crippen molar-refractivity contribution < 1.29 is 0 Å². The molecule has 0 radical (unpaired) electrons. The van der Waals surface area contributed by atoms with Gasteiger partial charge < -0.3 is 16.0 Å². The molecular formula is C15H26N6. The first-order chi connectivity index (χ1) is 10.0. The van der Waals surface area contributed by atoms with Gasteiger partial charge >= 0.3 is 0 Å². The van der Waals surface area contributed by atoms with E-state index < -0.39 is 0 Å². The van der Waals surface area contributed by atoms with Gasteiger partial charge in [-0.1, -0.05) is 0 Å². The summed E-state index contributed by atoms with van der Waals surface area (Å²) in [5.74, 6) is 1.05. The number of hydrogen-bond donors (Lipinski definition) is 2. The average Bonchev–Trinajstić information content (AvgIpc) is 2.43. The van der Waals surface area contributed by atoms with E-state index in [2.05, 4.69) is 39.3 Å². The van der Waals surface area contributed by atoms with Crippen molar-refractivity contribution in [2.75, 3.05) is 25.1 Å². The molecule has 1 saturated carbocycles. The Morgan fingerprint density at radius 2 is 1.90 bits per heavy atom. The Morgan fingerprint density at radius 1 is 1.24 bits per heavy atom. The lowest BCUT2D eigenvalue weighted by Gasteiger charge is -2.33. The number of aliphatic imine (C=N–C) groups is 1. The standard InChI is InChI=1S/C15H26N6/c1-5-17-13-10(2)18-15(20-14(13)16)19-11-6-8-12(9-7-11)21(3)4/h5,11-12H,6-9H2,1-4H3,(H3,16,18,19,20). The molecule has 1 aromatic rings. The molecule has 0 amide bonds. The van der Waals surface area contributed by atoms with Gasteiger partial charge in [0.05, 0.1) is 5.69 Å². The number of nitrogens with one attached hydrogen (secondary N) is 1. The molecule has 1 aliphatic carbocycles. The maximum absolute atomic E-state index is 5.96. The summed E-state index contributed by atoms with van der Waals surface area (Å²) in [7, 11) is 4.30. The normalized spacial score (nSPS) is 22.9. The molecule has 3 N–H and O–H groups in total. The highest BCUT2D eigenvalue weighted by Crippen LogP contribution is 2.27. The molecular weight excluding hydrogens is 264 g/mol. The Hall–Kier alpha value is -1.69. The summed E-state index contributed by atoms with van der Waals surface area (Å²) >= 11 is 0. The topological polar surface area (TPSA) is 79.4 Å². The first-order valence-corrected chi connectivity index (χ1v) is 7.57. The smallest absolute Gasteiger partial charge is 0.225 e. The molecule has 1 aliphatic rings. The molecule has 1 heterocycles. The van der Waals surface area contributed by atoms with Gasteiger partial charge in [-0.05, 0) is 53.6 Å². The lowest BCUT2D eigenvalue weighted by molar-refractivity contribution is 0.221. The Kier molecular flexibility index (Phi) is 5.12. The molecule has 1 fully saturated rings. The minimum atomic E-state index is 0.431. The Morgan fingerprint density at radius 3 is 2.43 bits per heavy atom. The third-order valence-electron chi connectivity index (χ3n) is 4.10. The van der Waals surface area contributed by atoms with Crippen LogP contribution in [-0.2, 0) is 0 Å². The second-order valence-electron chi connectivity index (χ2n) is 5.87. The largest absolute Gasteiger partial charge is 0.382 e. The summed E-state index contributed by atoms with van der Waals surface area (Å²) < 4.78 is 0. The van der Waals surface area contributed by atoms with E-state index in [-0.39, 0.29) is 0 Å². The quantitative estimate of drug-likeness (QED) is 0.832. The first-order valence-electron chi connectivity index (χ1n) is 7.57. The van der Waals surface area contributed by atoms with Gasteiger partial charge in [0.25, 0.3) is 0 Å². The van der Waals surface area contributed by atoms with Crippen LogP contribution < -0.4 is 11.1 Å². The SMILES string of the molecule is CC=Nc1c(C)nc(NC2CCC(N(C)C)CC2)nc1N. The van der Waals surface area contributed by atoms with Gasteiger partial charge in [-0.2, -0.15) is 4.98 Å². The lowest BCUT2D eigenvalue weighted by Crippen LogP contribution is -2.36. The van der Waals surface area contributed by atoms with Crippen molar-refractivity contribution in [1.82, 2.24) is 14.9 Å². The highest BCUT2D eigenvalue weighted by Gasteiger charge is 2.23. The zero-order valence-electron chi connectivity index (χ0n) is 13.4. The molecule has 0 bridgehead atoms. The predicted molar refractivity (Wildman–Crippen MR) is 88.4 cm³/mol. The second kappa shape index (κ2) is 6.85. The number of nitrogen functional groups attached to an aromatic ring is 1. The van der Waals surface area contributed by atoms with Crippen LogP contribution in [0.4, 0.5) is 17.5 Å². The van der Waals surface area contributed by atoms with Crippen molar-refractivity contribution in [3.8, 4) is 0 Å². The van der Waals surface area contributed by atoms with Crippen molar-refractivity contribution in [1.29, 1.82) is 0 Å². The molecule has 0 aliphatic heterocycles. The molecule has 2 rings (SSSR count). The summed E-state index contributed by atoms with van der Waals surface area (Å²) in [5.41, 5.74) is 7.44. The van der Waals surface area contributed by atoms with Crippen LogP contribution in [0.2, 0.25) is 0 Å². The molecule has 0 atom stereocenters. The van der Waals surface area contributed by atoms with Gasteiger partial charge in [0.15, 0.2) is 5.82 Å². The monoisotopic (exact) mass is 290 g/mol. The summed E-state index contributed by atoms with van der Waals surface area (Å²) in [6.45, 7) is 3.77. The number of hydrogen-bond acceptors (Lipinski definition) is 6. The van der Waals surface area contributed by atoms with Crippen molar-refractivity contribution in [2.24, 2.45) is 4.99 Å². The van der Waals surface area contributed by atoms with Gasteiger partial charge in [0.2, 0.25) is 5.95 Å². The maximum Gasteiger partial charge on any atom is 0.225 e. The van der Waals surface area contributed by atoms with Gasteiger partial charge in [0, 0.05) is 18.3 Å². The van der Waals surface area contributed by atoms with E-state index in [1.54, 1.807) is 6.21 Å². The van der Waals surface area contributed by atoms with Crippen LogP contribution in [-0.4, -0.2) is 47.3 Å². The van der Waals surface area contributed by atoms with E-state index >= 15 is 0 Å². The van der Waals surface area contributed by atoms with Crippen LogP contribution in [0.5, 0.6) is 0 Å². The fraction of sp³-hybridized carbons (Fsp3) is 0.667. The van der Waals surface area contributed by atoms with Crippen LogP contribution in [0.1, 0.15) is 38.3 Å². The molecule has 116 valence electrons. The molecule has 0 aromatic carbocycles. The van der Waals surface area contributed by atoms with E-state index in [0.717, 1.165) is 18.5 Å². The maximum atomic E-state index is 5.96. The van der Waals surface area contributed by atoms with Crippen LogP contribution in [0.15, 0.2) is 4.99 Å². The molecule has 0 spiro atoms. The number of aromatic nitrogens is 2. The third-order valence-corrected chi connectivity index (χ3v) is 4.10. The van der Waals surface area contributed by atoms with Crippen molar-refractivity contribution in [3.63, 3.8) is 0 Å². The van der Waals surface area contributed by atoms with E-state index in [9.17, 15) is 0 Å². The van der Waals surface area contributed by atoms with Gasteiger partial charge in [0.1, 0.15) is 5.69 Å². The average molecular weight is 290 g/mol. The van der Waals surface area contributed by atoms with Gasteiger partial charge in [-0.25, -0.2) is 4.98 Å². The number of aryl methyl sites for hydroxylation is 1. The lowest BCUT2D eigenvalue weighted by atomic mass is 9.91. The van der Waals surface area contributed by atoms with E-state index in [1.165, 1.54) is 12.8 Å². The number of rotatable bonds is 4. The molecule has 0 unspecified atom stereocenters. The van der Waals surface area contributed by atoms with Crippen LogP contribution in [0.25, 0.3) is 0 Å². The molecule has 0 saturated heterocycles. The predicted octanol–water partition coefficient (Wildman–Crippen LogP) is 2.37. The van der Waals surface area contributed by atoms with Crippen LogP contribution >= 0.6 is 0 Å². The second-order valence-corrected chi connectivity index (χ2v) is 5.87. The molecule has 6 heteroatoms. The summed E-state index contributed by atoms with van der Waals surface area (Å²) in [6, 6.07) is 1.12. The number of nitrogens with zero attached hydrogens (tertiary/aromatic N) is 4. The summed E-state index contributed by atoms with van der Waals surface area (Å²) in [5, 5.41) is 3.42. The van der Waals surface area contributed by atoms with Gasteiger partial charge in [-0.15, -0.1) is 0 Å². The Balaban J connectivity index is 2.01. The highest BCUT2D eigenvalue weighted by atomic mass is 15.2. The van der Waals surface area contributed by atoms with Crippen LogP contribution in [0, 0.1) is 6.92 Å². The van der Waals surface area contributed by atoms with Gasteiger partial charge in [-0.3, -0.25) is 4.99 Å². The Labute approximate surface area is 126 Å². The molecule has 6 nitrogen and oxygen atoms in total. The fourth-order valence-corrected chi connectivity index (χ4v) is 2.86. The van der Waals surface area contributed by atoms with Crippen molar-refractivity contribution in [2.45, 2.75) is 51.6 Å². The van der Waals surface area contributed by atoms with Crippen molar-refractivity contribution in [3.05, 3.63) is 5.69 Å². The molecule has 21 heavy (non-hydrogen) atoms. The zero-order valence-corrected chi connectivity index (χ0v) is 13.4. The number of nitrogens with two attached hydrogens (primary N) is 1. The van der Waals surface area contributed by atoms with E-state index in [0.29, 0.717) is 29.5 Å². The van der Waals surface area contributed by atoms with Crippen LogP contribution in [0.3, 0.4) is 0 Å². The third kappa shape index (κ3) is 3.91. The Bertz CT molecular complexity index is 480. The van der Waals surface area contributed by atoms with Crippen molar-refractivity contribution >= 4 is 23.7 Å². The minimum absolute atomic E-state index is 0.431. The first kappa shape index (κ1) is 15.7. The van der Waals surface area contributed by atoms with E-state index in [1.807, 2.05) is 13.8 Å². The number of anilines is 2. The summed E-state index contributed by atoms with van der Waals surface area (Å²) in [4.78, 5) is 15.3. The highest BCUT2D eigenvalue weighted by molar-refractivity contribution is 5.69. The zero-order chi connectivity index (χ0) is 15.4. The fourth-order valence-electron chi connectivity index (χ4n) is 2.86.